The summed E-state index contributed by atoms with van der Waals surface area (Å²) in [6, 6.07) is 16.9. The molecule has 0 bridgehead atoms. The van der Waals surface area contributed by atoms with E-state index in [1.807, 2.05) is 24.3 Å². The molecular weight excluding hydrogens is 406 g/mol. The van der Waals surface area contributed by atoms with E-state index in [9.17, 15) is 13.2 Å². The standard InChI is InChI=1S/C20H17N5O4S/c21-30(27,28)16-8-5-14(6-9-16)19-10-7-15(29-19)11-23-24-20(26)12-25-13-22-17-3-1-2-4-18(17)25/h1-11,13H,12H2,(H,24,26)(H2,21,27,28)/b23-11+. The average molecular weight is 423 g/mol. The molecule has 0 aliphatic rings. The summed E-state index contributed by atoms with van der Waals surface area (Å²) in [6.45, 7) is 0.0810. The van der Waals surface area contributed by atoms with Crippen molar-refractivity contribution in [3.8, 4) is 11.3 Å². The van der Waals surface area contributed by atoms with E-state index in [1.54, 1.807) is 35.2 Å². The Morgan fingerprint density at radius 3 is 2.67 bits per heavy atom. The number of nitrogens with one attached hydrogen (secondary N) is 1. The van der Waals surface area contributed by atoms with Gasteiger partial charge >= 0.3 is 0 Å². The zero-order chi connectivity index (χ0) is 21.1. The Morgan fingerprint density at radius 1 is 1.13 bits per heavy atom. The van der Waals surface area contributed by atoms with Crippen LogP contribution in [0.3, 0.4) is 0 Å². The molecule has 2 aromatic carbocycles. The molecule has 10 heteroatoms. The van der Waals surface area contributed by atoms with E-state index in [0.717, 1.165) is 11.0 Å². The van der Waals surface area contributed by atoms with Crippen molar-refractivity contribution in [1.29, 1.82) is 0 Å². The molecular formula is C20H17N5O4S. The Labute approximate surface area is 171 Å². The molecule has 2 heterocycles. The fourth-order valence-corrected chi connectivity index (χ4v) is 3.40. The number of sulfonamides is 1. The number of para-hydroxylation sites is 2. The van der Waals surface area contributed by atoms with E-state index < -0.39 is 10.0 Å². The largest absolute Gasteiger partial charge is 0.455 e. The number of primary sulfonamides is 1. The van der Waals surface area contributed by atoms with Crippen molar-refractivity contribution < 1.29 is 17.6 Å². The number of imidazole rings is 1. The van der Waals surface area contributed by atoms with Gasteiger partial charge in [-0.2, -0.15) is 5.10 Å². The summed E-state index contributed by atoms with van der Waals surface area (Å²) in [5, 5.41) is 9.00. The van der Waals surface area contributed by atoms with Crippen LogP contribution in [0.5, 0.6) is 0 Å². The van der Waals surface area contributed by atoms with Crippen LogP contribution >= 0.6 is 0 Å². The van der Waals surface area contributed by atoms with Gasteiger partial charge in [0, 0.05) is 5.56 Å². The Kier molecular flexibility index (Phi) is 5.17. The smallest absolute Gasteiger partial charge is 0.260 e. The Morgan fingerprint density at radius 2 is 1.90 bits per heavy atom. The highest BCUT2D eigenvalue weighted by Gasteiger charge is 2.09. The summed E-state index contributed by atoms with van der Waals surface area (Å²) < 4.78 is 30.0. The summed E-state index contributed by atoms with van der Waals surface area (Å²) in [5.41, 5.74) is 4.80. The van der Waals surface area contributed by atoms with E-state index in [0.29, 0.717) is 17.1 Å². The predicted molar refractivity (Wildman–Crippen MR) is 111 cm³/mol. The van der Waals surface area contributed by atoms with Crippen LogP contribution < -0.4 is 10.6 Å². The lowest BCUT2D eigenvalue weighted by Crippen LogP contribution is -2.22. The van der Waals surface area contributed by atoms with Crippen LogP contribution in [0.1, 0.15) is 5.76 Å². The molecule has 0 fully saturated rings. The summed E-state index contributed by atoms with van der Waals surface area (Å²) in [7, 11) is -3.75. The van der Waals surface area contributed by atoms with Gasteiger partial charge in [0.05, 0.1) is 28.5 Å². The number of hydrazone groups is 1. The zero-order valence-electron chi connectivity index (χ0n) is 15.6. The summed E-state index contributed by atoms with van der Waals surface area (Å²) in [4.78, 5) is 16.4. The van der Waals surface area contributed by atoms with Crippen LogP contribution in [0.15, 0.2) is 81.4 Å². The molecule has 152 valence electrons. The van der Waals surface area contributed by atoms with Gasteiger partial charge in [0.1, 0.15) is 18.1 Å². The predicted octanol–water partition coefficient (Wildman–Crippen LogP) is 2.09. The van der Waals surface area contributed by atoms with Gasteiger partial charge in [-0.25, -0.2) is 24.0 Å². The summed E-state index contributed by atoms with van der Waals surface area (Å²) in [5.74, 6) is 0.641. The Hall–Kier alpha value is -3.76. The van der Waals surface area contributed by atoms with Crippen molar-refractivity contribution in [2.45, 2.75) is 11.4 Å². The van der Waals surface area contributed by atoms with Gasteiger partial charge in [-0.15, -0.1) is 0 Å². The molecule has 0 atom stereocenters. The van der Waals surface area contributed by atoms with Crippen LogP contribution in [0.2, 0.25) is 0 Å². The minimum absolute atomic E-state index is 0.0213. The lowest BCUT2D eigenvalue weighted by molar-refractivity contribution is -0.121. The summed E-state index contributed by atoms with van der Waals surface area (Å²) >= 11 is 0. The van der Waals surface area contributed by atoms with Crippen molar-refractivity contribution in [3.63, 3.8) is 0 Å². The fourth-order valence-electron chi connectivity index (χ4n) is 2.88. The maximum Gasteiger partial charge on any atom is 0.260 e. The first-order valence-electron chi connectivity index (χ1n) is 8.85. The number of nitrogens with two attached hydrogens (primary N) is 1. The minimum atomic E-state index is -3.75. The maximum absolute atomic E-state index is 12.1. The molecule has 0 aliphatic heterocycles. The third-order valence-corrected chi connectivity index (χ3v) is 5.25. The number of benzene rings is 2. The molecule has 4 aromatic rings. The highest BCUT2D eigenvalue weighted by Crippen LogP contribution is 2.23. The van der Waals surface area contributed by atoms with Crippen molar-refractivity contribution in [2.75, 3.05) is 0 Å². The van der Waals surface area contributed by atoms with Gasteiger partial charge < -0.3 is 8.98 Å². The number of nitrogens with zero attached hydrogens (tertiary/aromatic N) is 3. The van der Waals surface area contributed by atoms with Gasteiger partial charge in [0.2, 0.25) is 10.0 Å². The van der Waals surface area contributed by atoms with Crippen molar-refractivity contribution in [1.82, 2.24) is 15.0 Å². The van der Waals surface area contributed by atoms with Gasteiger partial charge in [-0.1, -0.05) is 12.1 Å². The van der Waals surface area contributed by atoms with Gasteiger partial charge in [-0.05, 0) is 48.5 Å². The van der Waals surface area contributed by atoms with Crippen LogP contribution in [-0.2, 0) is 21.4 Å². The monoisotopic (exact) mass is 423 g/mol. The van der Waals surface area contributed by atoms with E-state index >= 15 is 0 Å². The molecule has 30 heavy (non-hydrogen) atoms. The number of carbonyl (C=O) groups is 1. The number of carbonyl (C=O) groups excluding carboxylic acids is 1. The highest BCUT2D eigenvalue weighted by atomic mass is 32.2. The molecule has 3 N–H and O–H groups in total. The number of aromatic nitrogens is 2. The molecule has 1 amide bonds. The van der Waals surface area contributed by atoms with Crippen LogP contribution in [0.25, 0.3) is 22.4 Å². The molecule has 9 nitrogen and oxygen atoms in total. The minimum Gasteiger partial charge on any atom is -0.455 e. The van der Waals surface area contributed by atoms with Gasteiger partial charge in [-0.3, -0.25) is 4.79 Å². The first-order valence-corrected chi connectivity index (χ1v) is 10.4. The van der Waals surface area contributed by atoms with E-state index in [1.165, 1.54) is 18.3 Å². The Balaban J connectivity index is 1.38. The third kappa shape index (κ3) is 4.29. The van der Waals surface area contributed by atoms with Gasteiger partial charge in [0.25, 0.3) is 5.91 Å². The highest BCUT2D eigenvalue weighted by molar-refractivity contribution is 7.89. The molecule has 0 aliphatic carbocycles. The quantitative estimate of drug-likeness (QED) is 0.362. The SMILES string of the molecule is NS(=O)(=O)c1ccc(-c2ccc(/C=N/NC(=O)Cn3cnc4ccccc43)o2)cc1. The topological polar surface area (TPSA) is 133 Å². The number of hydrogen-bond acceptors (Lipinski definition) is 6. The molecule has 0 saturated heterocycles. The molecule has 0 spiro atoms. The molecule has 2 aromatic heterocycles. The third-order valence-electron chi connectivity index (χ3n) is 4.32. The van der Waals surface area contributed by atoms with Gasteiger partial charge in [0.15, 0.2) is 0 Å². The second kappa shape index (κ2) is 7.93. The number of fused-ring (bicyclic) bond motifs is 1. The zero-order valence-corrected chi connectivity index (χ0v) is 16.4. The average Bonchev–Trinajstić information content (AvgIpc) is 3.35. The second-order valence-electron chi connectivity index (χ2n) is 6.43. The van der Waals surface area contributed by atoms with E-state index in [4.69, 9.17) is 9.56 Å². The summed E-state index contributed by atoms with van der Waals surface area (Å²) in [6.07, 6.45) is 2.99. The van der Waals surface area contributed by atoms with Crippen LogP contribution in [0, 0.1) is 0 Å². The number of rotatable bonds is 6. The van der Waals surface area contributed by atoms with Crippen LogP contribution in [-0.4, -0.2) is 30.1 Å². The van der Waals surface area contributed by atoms with E-state index in [2.05, 4.69) is 15.5 Å². The molecule has 0 radical (unpaired) electrons. The molecule has 0 unspecified atom stereocenters. The maximum atomic E-state index is 12.1. The second-order valence-corrected chi connectivity index (χ2v) is 7.99. The first kappa shape index (κ1) is 19.6. The lowest BCUT2D eigenvalue weighted by atomic mass is 10.2. The number of amides is 1. The molecule has 0 saturated carbocycles. The fraction of sp³-hybridized carbons (Fsp3) is 0.0500. The first-order chi connectivity index (χ1) is 14.4. The van der Waals surface area contributed by atoms with Crippen molar-refractivity contribution in [2.24, 2.45) is 10.2 Å². The Bertz CT molecular complexity index is 1340. The van der Waals surface area contributed by atoms with Crippen molar-refractivity contribution >= 4 is 33.2 Å². The van der Waals surface area contributed by atoms with Crippen LogP contribution in [0.4, 0.5) is 0 Å². The van der Waals surface area contributed by atoms with Crippen molar-refractivity contribution in [3.05, 3.63) is 72.8 Å². The molecule has 4 rings (SSSR count). The number of hydrogen-bond donors (Lipinski definition) is 2. The van der Waals surface area contributed by atoms with E-state index in [-0.39, 0.29) is 17.3 Å². The number of furan rings is 1. The lowest BCUT2D eigenvalue weighted by Gasteiger charge is -2.02. The normalized spacial score (nSPS) is 11.9.